The van der Waals surface area contributed by atoms with Crippen LogP contribution >= 0.6 is 0 Å². The monoisotopic (exact) mass is 299 g/mol. The predicted octanol–water partition coefficient (Wildman–Crippen LogP) is 3.79. The lowest BCUT2D eigenvalue weighted by molar-refractivity contribution is 0.197. The van der Waals surface area contributed by atoms with Gasteiger partial charge in [0.2, 0.25) is 0 Å². The van der Waals surface area contributed by atoms with Gasteiger partial charge in [-0.1, -0.05) is 13.8 Å². The Balaban J connectivity index is 1.46. The van der Waals surface area contributed by atoms with E-state index in [0.29, 0.717) is 11.5 Å². The van der Waals surface area contributed by atoms with Crippen LogP contribution in [-0.2, 0) is 0 Å². The second-order valence-electron chi connectivity index (χ2n) is 7.77. The smallest absolute Gasteiger partial charge is 0.165 e. The van der Waals surface area contributed by atoms with Crippen molar-refractivity contribution in [2.45, 2.75) is 58.4 Å². The Hall–Kier alpha value is -1.65. The van der Waals surface area contributed by atoms with Gasteiger partial charge in [0, 0.05) is 12.6 Å². The molecular weight excluding hydrogens is 274 g/mol. The van der Waals surface area contributed by atoms with Gasteiger partial charge in [0.15, 0.2) is 11.5 Å². The Morgan fingerprint density at radius 3 is 2.64 bits per heavy atom. The van der Waals surface area contributed by atoms with E-state index in [9.17, 15) is 0 Å². The Morgan fingerprint density at radius 1 is 1.14 bits per heavy atom. The van der Waals surface area contributed by atoms with E-state index in [1.165, 1.54) is 38.5 Å². The van der Waals surface area contributed by atoms with Gasteiger partial charge < -0.3 is 9.88 Å². The molecule has 2 aromatic heterocycles. The molecule has 0 aliphatic heterocycles. The summed E-state index contributed by atoms with van der Waals surface area (Å²) in [5.74, 6) is 1.65. The molecule has 0 spiro atoms. The lowest BCUT2D eigenvalue weighted by Gasteiger charge is -2.34. The summed E-state index contributed by atoms with van der Waals surface area (Å²) in [5.41, 5.74) is 2.43. The summed E-state index contributed by atoms with van der Waals surface area (Å²) in [6.07, 6.45) is 11.4. The molecule has 2 aromatic rings. The van der Waals surface area contributed by atoms with Crippen LogP contribution < -0.4 is 5.32 Å². The summed E-state index contributed by atoms with van der Waals surface area (Å²) < 4.78 is 2.20. The molecule has 0 saturated heterocycles. The Labute approximate surface area is 131 Å². The number of nitrogens with zero attached hydrogens (tertiary/aromatic N) is 4. The minimum absolute atomic E-state index is 0.529. The van der Waals surface area contributed by atoms with Crippen LogP contribution in [0.15, 0.2) is 12.7 Å². The normalized spacial score (nSPS) is 22.1. The first-order valence-corrected chi connectivity index (χ1v) is 8.54. The fourth-order valence-electron chi connectivity index (χ4n) is 3.51. The van der Waals surface area contributed by atoms with Crippen LogP contribution in [0.5, 0.6) is 0 Å². The van der Waals surface area contributed by atoms with Crippen molar-refractivity contribution >= 4 is 17.0 Å². The fraction of sp³-hybridized carbons (Fsp3) is 0.706. The highest BCUT2D eigenvalue weighted by atomic mass is 15.2. The molecule has 1 N–H and O–H groups in total. The van der Waals surface area contributed by atoms with Crippen molar-refractivity contribution in [1.82, 2.24) is 19.5 Å². The second kappa shape index (κ2) is 5.21. The SMILES string of the molecule is CC1(C)CCC(CNc2ncnc3c2ncn3C2CC2)CC1. The molecule has 2 heterocycles. The summed E-state index contributed by atoms with van der Waals surface area (Å²) in [6, 6.07) is 0.605. The number of hydrogen-bond acceptors (Lipinski definition) is 4. The summed E-state index contributed by atoms with van der Waals surface area (Å²) in [5, 5.41) is 3.53. The Morgan fingerprint density at radius 2 is 1.91 bits per heavy atom. The van der Waals surface area contributed by atoms with Gasteiger partial charge in [-0.15, -0.1) is 0 Å². The van der Waals surface area contributed by atoms with Gasteiger partial charge >= 0.3 is 0 Å². The molecule has 2 aliphatic carbocycles. The van der Waals surface area contributed by atoms with Crippen molar-refractivity contribution in [1.29, 1.82) is 0 Å². The molecule has 5 heteroatoms. The minimum atomic E-state index is 0.529. The first-order valence-electron chi connectivity index (χ1n) is 8.54. The number of hydrogen-bond donors (Lipinski definition) is 1. The third kappa shape index (κ3) is 2.69. The molecule has 0 aromatic carbocycles. The van der Waals surface area contributed by atoms with E-state index in [4.69, 9.17) is 0 Å². The average molecular weight is 299 g/mol. The first-order chi connectivity index (χ1) is 10.6. The second-order valence-corrected chi connectivity index (χ2v) is 7.77. The van der Waals surface area contributed by atoms with Crippen molar-refractivity contribution in [3.05, 3.63) is 12.7 Å². The maximum atomic E-state index is 4.54. The highest BCUT2D eigenvalue weighted by Gasteiger charge is 2.28. The van der Waals surface area contributed by atoms with Crippen molar-refractivity contribution in [3.63, 3.8) is 0 Å². The molecule has 5 nitrogen and oxygen atoms in total. The zero-order chi connectivity index (χ0) is 15.2. The molecule has 0 atom stereocenters. The van der Waals surface area contributed by atoms with Crippen LogP contribution in [-0.4, -0.2) is 26.1 Å². The largest absolute Gasteiger partial charge is 0.368 e. The third-order valence-corrected chi connectivity index (χ3v) is 5.32. The van der Waals surface area contributed by atoms with Gasteiger partial charge in [-0.25, -0.2) is 15.0 Å². The topological polar surface area (TPSA) is 55.6 Å². The van der Waals surface area contributed by atoms with E-state index >= 15 is 0 Å². The summed E-state index contributed by atoms with van der Waals surface area (Å²) in [6.45, 7) is 5.77. The first kappa shape index (κ1) is 14.0. The van der Waals surface area contributed by atoms with Crippen molar-refractivity contribution in [2.75, 3.05) is 11.9 Å². The summed E-state index contributed by atoms with van der Waals surface area (Å²) in [4.78, 5) is 13.4. The van der Waals surface area contributed by atoms with Crippen molar-refractivity contribution < 1.29 is 0 Å². The zero-order valence-electron chi connectivity index (χ0n) is 13.5. The van der Waals surface area contributed by atoms with Crippen LogP contribution in [0, 0.1) is 11.3 Å². The number of fused-ring (bicyclic) bond motifs is 1. The fourth-order valence-corrected chi connectivity index (χ4v) is 3.51. The van der Waals surface area contributed by atoms with Gasteiger partial charge in [0.25, 0.3) is 0 Å². The van der Waals surface area contributed by atoms with Crippen LogP contribution in [0.2, 0.25) is 0 Å². The van der Waals surface area contributed by atoms with Crippen LogP contribution in [0.25, 0.3) is 11.2 Å². The van der Waals surface area contributed by atoms with Crippen molar-refractivity contribution in [3.8, 4) is 0 Å². The third-order valence-electron chi connectivity index (χ3n) is 5.32. The van der Waals surface area contributed by atoms with Crippen LogP contribution in [0.3, 0.4) is 0 Å². The highest BCUT2D eigenvalue weighted by Crippen LogP contribution is 2.39. The molecule has 0 radical (unpaired) electrons. The Bertz CT molecular complexity index is 661. The summed E-state index contributed by atoms with van der Waals surface area (Å²) in [7, 11) is 0. The number of anilines is 1. The number of rotatable bonds is 4. The zero-order valence-corrected chi connectivity index (χ0v) is 13.5. The number of nitrogens with one attached hydrogen (secondary N) is 1. The molecule has 0 unspecified atom stereocenters. The average Bonchev–Trinajstić information content (AvgIpc) is 3.25. The molecule has 0 bridgehead atoms. The van der Waals surface area contributed by atoms with E-state index in [2.05, 4.69) is 38.7 Å². The molecule has 0 amide bonds. The lowest BCUT2D eigenvalue weighted by atomic mass is 9.73. The molecule has 4 rings (SSSR count). The van der Waals surface area contributed by atoms with Crippen LogP contribution in [0.1, 0.15) is 58.4 Å². The maximum Gasteiger partial charge on any atom is 0.165 e. The molecule has 2 aliphatic rings. The number of aromatic nitrogens is 4. The lowest BCUT2D eigenvalue weighted by Crippen LogP contribution is -2.25. The van der Waals surface area contributed by atoms with E-state index in [1.807, 2.05) is 6.33 Å². The molecule has 2 fully saturated rings. The minimum Gasteiger partial charge on any atom is -0.368 e. The van der Waals surface area contributed by atoms with Gasteiger partial charge in [0.1, 0.15) is 11.8 Å². The number of imidazole rings is 1. The van der Waals surface area contributed by atoms with E-state index in [1.54, 1.807) is 6.33 Å². The van der Waals surface area contributed by atoms with Crippen molar-refractivity contribution in [2.24, 2.45) is 11.3 Å². The van der Waals surface area contributed by atoms with E-state index in [-0.39, 0.29) is 0 Å². The van der Waals surface area contributed by atoms with Crippen LogP contribution in [0.4, 0.5) is 5.82 Å². The van der Waals surface area contributed by atoms with E-state index in [0.717, 1.165) is 29.4 Å². The van der Waals surface area contributed by atoms with E-state index < -0.39 is 0 Å². The quantitative estimate of drug-likeness (QED) is 0.933. The highest BCUT2D eigenvalue weighted by molar-refractivity contribution is 5.82. The summed E-state index contributed by atoms with van der Waals surface area (Å²) >= 11 is 0. The molecule has 118 valence electrons. The standard InChI is InChI=1S/C17H25N5/c1-17(2)7-5-12(6-8-17)9-18-15-14-16(20-10-19-15)22(11-21-14)13-3-4-13/h10-13H,3-9H2,1-2H3,(H,18,19,20). The Kier molecular flexibility index (Phi) is 3.31. The van der Waals surface area contributed by atoms with Gasteiger partial charge in [0.05, 0.1) is 6.33 Å². The predicted molar refractivity (Wildman–Crippen MR) is 87.8 cm³/mol. The maximum absolute atomic E-state index is 4.54. The van der Waals surface area contributed by atoms with Gasteiger partial charge in [-0.05, 0) is 49.9 Å². The molecule has 22 heavy (non-hydrogen) atoms. The molecular formula is C17H25N5. The van der Waals surface area contributed by atoms with Gasteiger partial charge in [-0.3, -0.25) is 0 Å². The van der Waals surface area contributed by atoms with Gasteiger partial charge in [-0.2, -0.15) is 0 Å². The molecule has 2 saturated carbocycles.